The van der Waals surface area contributed by atoms with Gasteiger partial charge in [0.15, 0.2) is 0 Å². The standard InChI is InChI=1S/C17H24N4O2S/c1-12(2)16-20-21-17(24-16)19-15(23)11-18-14(9-6-10-22)13-7-4-3-5-8-13/h3-5,7-8,12,14,18,22H,6,9-11H2,1-2H3,(H,19,21,23). The molecule has 0 spiro atoms. The van der Waals surface area contributed by atoms with Crippen LogP contribution in [-0.2, 0) is 4.79 Å². The van der Waals surface area contributed by atoms with Crippen molar-refractivity contribution in [1.82, 2.24) is 15.5 Å². The third-order valence-electron chi connectivity index (χ3n) is 3.54. The zero-order valence-corrected chi connectivity index (χ0v) is 14.8. The van der Waals surface area contributed by atoms with Crippen LogP contribution in [0, 0.1) is 0 Å². The number of carbonyl (C=O) groups is 1. The molecule has 1 aromatic carbocycles. The van der Waals surface area contributed by atoms with Crippen molar-refractivity contribution in [2.45, 2.75) is 38.6 Å². The average Bonchev–Trinajstić information content (AvgIpc) is 3.04. The fourth-order valence-corrected chi connectivity index (χ4v) is 3.03. The Labute approximate surface area is 146 Å². The van der Waals surface area contributed by atoms with Crippen molar-refractivity contribution in [3.05, 3.63) is 40.9 Å². The quantitative estimate of drug-likeness (QED) is 0.648. The number of carbonyl (C=O) groups excluding carboxylic acids is 1. The Balaban J connectivity index is 1.89. The van der Waals surface area contributed by atoms with E-state index in [9.17, 15) is 4.79 Å². The number of nitrogens with zero attached hydrogens (tertiary/aromatic N) is 2. The van der Waals surface area contributed by atoms with Crippen LogP contribution in [0.5, 0.6) is 0 Å². The number of hydrogen-bond donors (Lipinski definition) is 3. The number of hydrogen-bond acceptors (Lipinski definition) is 6. The summed E-state index contributed by atoms with van der Waals surface area (Å²) in [6, 6.07) is 9.97. The van der Waals surface area contributed by atoms with E-state index >= 15 is 0 Å². The molecule has 0 saturated carbocycles. The summed E-state index contributed by atoms with van der Waals surface area (Å²) in [7, 11) is 0. The van der Waals surface area contributed by atoms with Crippen LogP contribution in [0.1, 0.15) is 49.2 Å². The maximum absolute atomic E-state index is 12.1. The molecule has 0 aliphatic carbocycles. The molecule has 0 saturated heterocycles. The lowest BCUT2D eigenvalue weighted by Crippen LogP contribution is -2.31. The molecule has 3 N–H and O–H groups in total. The Morgan fingerprint density at radius 2 is 2.00 bits per heavy atom. The van der Waals surface area contributed by atoms with Crippen LogP contribution in [0.2, 0.25) is 0 Å². The minimum absolute atomic E-state index is 0.0322. The van der Waals surface area contributed by atoms with Crippen LogP contribution in [0.3, 0.4) is 0 Å². The maximum atomic E-state index is 12.1. The first-order valence-electron chi connectivity index (χ1n) is 8.12. The lowest BCUT2D eigenvalue weighted by molar-refractivity contribution is -0.115. The van der Waals surface area contributed by atoms with Gasteiger partial charge in [0.1, 0.15) is 5.01 Å². The van der Waals surface area contributed by atoms with Crippen LogP contribution in [0.25, 0.3) is 0 Å². The second-order valence-electron chi connectivity index (χ2n) is 5.86. The van der Waals surface area contributed by atoms with E-state index in [-0.39, 0.29) is 25.1 Å². The van der Waals surface area contributed by atoms with Crippen LogP contribution in [0.15, 0.2) is 30.3 Å². The lowest BCUT2D eigenvalue weighted by Gasteiger charge is -2.18. The van der Waals surface area contributed by atoms with Gasteiger partial charge in [0.2, 0.25) is 11.0 Å². The molecule has 0 fully saturated rings. The summed E-state index contributed by atoms with van der Waals surface area (Å²) in [5.74, 6) is 0.151. The predicted octanol–water partition coefficient (Wildman–Crippen LogP) is 2.70. The molecule has 1 aromatic heterocycles. The first-order chi connectivity index (χ1) is 11.6. The first kappa shape index (κ1) is 18.5. The number of aromatic nitrogens is 2. The highest BCUT2D eigenvalue weighted by Gasteiger charge is 2.14. The SMILES string of the molecule is CC(C)c1nnc(NC(=O)CNC(CCCO)c2ccccc2)s1. The summed E-state index contributed by atoms with van der Waals surface area (Å²) < 4.78 is 0. The summed E-state index contributed by atoms with van der Waals surface area (Å²) in [6.45, 7) is 4.40. The third-order valence-corrected chi connectivity index (χ3v) is 4.68. The molecule has 1 atom stereocenters. The fraction of sp³-hybridized carbons (Fsp3) is 0.471. The van der Waals surface area contributed by atoms with Crippen molar-refractivity contribution in [2.75, 3.05) is 18.5 Å². The zero-order valence-electron chi connectivity index (χ0n) is 14.0. The minimum Gasteiger partial charge on any atom is -0.396 e. The first-order valence-corrected chi connectivity index (χ1v) is 8.94. The Hall–Kier alpha value is -1.83. The van der Waals surface area contributed by atoms with E-state index in [0.717, 1.165) is 17.0 Å². The van der Waals surface area contributed by atoms with Gasteiger partial charge in [-0.05, 0) is 18.4 Å². The summed E-state index contributed by atoms with van der Waals surface area (Å²) >= 11 is 1.40. The van der Waals surface area contributed by atoms with Gasteiger partial charge in [-0.15, -0.1) is 10.2 Å². The molecule has 0 aliphatic rings. The van der Waals surface area contributed by atoms with E-state index in [1.807, 2.05) is 44.2 Å². The Morgan fingerprint density at radius 1 is 1.25 bits per heavy atom. The van der Waals surface area contributed by atoms with Gasteiger partial charge in [-0.1, -0.05) is 55.5 Å². The molecule has 2 aromatic rings. The molecule has 0 aliphatic heterocycles. The second-order valence-corrected chi connectivity index (χ2v) is 6.87. The molecule has 1 amide bonds. The van der Waals surface area contributed by atoms with Gasteiger partial charge in [0.05, 0.1) is 6.54 Å². The molecule has 2 rings (SSSR count). The molecule has 7 heteroatoms. The molecular weight excluding hydrogens is 324 g/mol. The minimum atomic E-state index is -0.147. The van der Waals surface area contributed by atoms with Gasteiger partial charge < -0.3 is 10.4 Å². The molecule has 1 heterocycles. The van der Waals surface area contributed by atoms with E-state index in [1.54, 1.807) is 0 Å². The molecule has 130 valence electrons. The van der Waals surface area contributed by atoms with E-state index in [1.165, 1.54) is 11.3 Å². The van der Waals surface area contributed by atoms with Gasteiger partial charge in [0.25, 0.3) is 0 Å². The van der Waals surface area contributed by atoms with Crippen molar-refractivity contribution in [2.24, 2.45) is 0 Å². The number of benzene rings is 1. The summed E-state index contributed by atoms with van der Waals surface area (Å²) in [5, 5.41) is 24.6. The van der Waals surface area contributed by atoms with Gasteiger partial charge in [-0.25, -0.2) is 0 Å². The average molecular weight is 348 g/mol. The van der Waals surface area contributed by atoms with Crippen molar-refractivity contribution in [3.63, 3.8) is 0 Å². The number of nitrogens with one attached hydrogen (secondary N) is 2. The van der Waals surface area contributed by atoms with E-state index in [4.69, 9.17) is 5.11 Å². The van der Waals surface area contributed by atoms with Crippen molar-refractivity contribution in [3.8, 4) is 0 Å². The van der Waals surface area contributed by atoms with Crippen LogP contribution in [0.4, 0.5) is 5.13 Å². The van der Waals surface area contributed by atoms with Crippen LogP contribution in [-0.4, -0.2) is 34.4 Å². The number of amides is 1. The molecule has 0 bridgehead atoms. The van der Waals surface area contributed by atoms with E-state index in [2.05, 4.69) is 20.8 Å². The van der Waals surface area contributed by atoms with E-state index < -0.39 is 0 Å². The van der Waals surface area contributed by atoms with Gasteiger partial charge in [0, 0.05) is 18.6 Å². The Bertz CT molecular complexity index is 631. The number of aliphatic hydroxyl groups is 1. The summed E-state index contributed by atoms with van der Waals surface area (Å²) in [5.41, 5.74) is 1.11. The summed E-state index contributed by atoms with van der Waals surface area (Å²) in [6.07, 6.45) is 1.45. The number of rotatable bonds is 9. The molecular formula is C17H24N4O2S. The van der Waals surface area contributed by atoms with Crippen molar-refractivity contribution in [1.29, 1.82) is 0 Å². The van der Waals surface area contributed by atoms with Crippen molar-refractivity contribution >= 4 is 22.4 Å². The van der Waals surface area contributed by atoms with Crippen LogP contribution >= 0.6 is 11.3 Å². The number of anilines is 1. The van der Waals surface area contributed by atoms with Gasteiger partial charge >= 0.3 is 0 Å². The third kappa shape index (κ3) is 5.67. The highest BCUT2D eigenvalue weighted by atomic mass is 32.1. The smallest absolute Gasteiger partial charge is 0.240 e. The second kappa shape index (κ2) is 9.46. The maximum Gasteiger partial charge on any atom is 0.240 e. The molecule has 24 heavy (non-hydrogen) atoms. The Kier molecular flexibility index (Phi) is 7.30. The van der Waals surface area contributed by atoms with Gasteiger partial charge in [-0.2, -0.15) is 0 Å². The van der Waals surface area contributed by atoms with Crippen molar-refractivity contribution < 1.29 is 9.90 Å². The highest BCUT2D eigenvalue weighted by molar-refractivity contribution is 7.15. The Morgan fingerprint density at radius 3 is 2.62 bits per heavy atom. The predicted molar refractivity (Wildman–Crippen MR) is 96.1 cm³/mol. The normalized spacial score (nSPS) is 12.3. The van der Waals surface area contributed by atoms with Gasteiger partial charge in [-0.3, -0.25) is 10.1 Å². The molecule has 1 unspecified atom stereocenters. The molecule has 6 nitrogen and oxygen atoms in total. The fourth-order valence-electron chi connectivity index (χ4n) is 2.27. The molecule has 0 radical (unpaired) electrons. The van der Waals surface area contributed by atoms with E-state index in [0.29, 0.717) is 17.5 Å². The zero-order chi connectivity index (χ0) is 17.4. The monoisotopic (exact) mass is 348 g/mol. The highest BCUT2D eigenvalue weighted by Crippen LogP contribution is 2.22. The number of aliphatic hydroxyl groups excluding tert-OH is 1. The van der Waals surface area contributed by atoms with Crippen LogP contribution < -0.4 is 10.6 Å². The largest absolute Gasteiger partial charge is 0.396 e. The topological polar surface area (TPSA) is 87.1 Å². The summed E-state index contributed by atoms with van der Waals surface area (Å²) in [4.78, 5) is 12.1. The lowest BCUT2D eigenvalue weighted by atomic mass is 10.0.